The normalized spacial score (nSPS) is 10.5. The molecule has 0 aromatic heterocycles. The van der Waals surface area contributed by atoms with E-state index in [1.807, 2.05) is 0 Å². The van der Waals surface area contributed by atoms with Gasteiger partial charge in [-0.05, 0) is 28.1 Å². The molecule has 0 spiro atoms. The Kier molecular flexibility index (Phi) is 5.73. The lowest BCUT2D eigenvalue weighted by atomic mass is 10.2. The van der Waals surface area contributed by atoms with E-state index in [0.717, 1.165) is 0 Å². The number of hydrogen-bond donors (Lipinski definition) is 0. The molecule has 112 valence electrons. The van der Waals surface area contributed by atoms with Crippen molar-refractivity contribution in [2.45, 2.75) is 12.5 Å². The number of alkyl halides is 1. The summed E-state index contributed by atoms with van der Waals surface area (Å²) in [7, 11) is 1.52. The van der Waals surface area contributed by atoms with Crippen molar-refractivity contribution in [2.24, 2.45) is 0 Å². The molecule has 0 fully saturated rings. The van der Waals surface area contributed by atoms with Gasteiger partial charge in [0.25, 0.3) is 0 Å². The summed E-state index contributed by atoms with van der Waals surface area (Å²) in [6.07, 6.45) is 0. The quantitative estimate of drug-likeness (QED) is 0.618. The highest BCUT2D eigenvalue weighted by molar-refractivity contribution is 9.10. The summed E-state index contributed by atoms with van der Waals surface area (Å²) in [5, 5.41) is 0.516. The predicted molar refractivity (Wildman–Crippen MR) is 86.0 cm³/mol. The molecule has 0 radical (unpaired) electrons. The number of halogens is 4. The molecule has 0 bridgehead atoms. The second-order valence-electron chi connectivity index (χ2n) is 4.23. The van der Waals surface area contributed by atoms with Crippen LogP contribution in [0.4, 0.5) is 4.39 Å². The summed E-state index contributed by atoms with van der Waals surface area (Å²) in [5.41, 5.74) is 1.40. The fourth-order valence-electron chi connectivity index (χ4n) is 1.85. The maximum Gasteiger partial charge on any atom is 0.166 e. The average molecular weight is 394 g/mol. The molecule has 0 atom stereocenters. The third-order valence-electron chi connectivity index (χ3n) is 2.86. The highest BCUT2D eigenvalue weighted by atomic mass is 79.9. The fraction of sp³-hybridized carbons (Fsp3) is 0.200. The largest absolute Gasteiger partial charge is 0.493 e. The van der Waals surface area contributed by atoms with Crippen LogP contribution in [0.2, 0.25) is 5.02 Å². The molecule has 0 saturated carbocycles. The SMILES string of the molecule is COc1cc(Cl)cc(CCl)c1OCc1cccc(F)c1Br. The van der Waals surface area contributed by atoms with Gasteiger partial charge in [-0.25, -0.2) is 4.39 Å². The van der Waals surface area contributed by atoms with Crippen molar-refractivity contribution in [3.05, 3.63) is 56.8 Å². The Labute approximate surface area is 140 Å². The van der Waals surface area contributed by atoms with Crippen molar-refractivity contribution >= 4 is 39.1 Å². The summed E-state index contributed by atoms with van der Waals surface area (Å²) in [6.45, 7) is 0.181. The van der Waals surface area contributed by atoms with Crippen molar-refractivity contribution < 1.29 is 13.9 Å². The van der Waals surface area contributed by atoms with E-state index in [0.29, 0.717) is 32.1 Å². The first-order valence-corrected chi connectivity index (χ1v) is 7.75. The van der Waals surface area contributed by atoms with Crippen LogP contribution in [0, 0.1) is 5.82 Å². The Morgan fingerprint density at radius 2 is 2.00 bits per heavy atom. The molecule has 2 aromatic carbocycles. The first kappa shape index (κ1) is 16.4. The first-order valence-electron chi connectivity index (χ1n) is 6.05. The summed E-state index contributed by atoms with van der Waals surface area (Å²) < 4.78 is 24.9. The van der Waals surface area contributed by atoms with Crippen LogP contribution in [-0.4, -0.2) is 7.11 Å². The van der Waals surface area contributed by atoms with Crippen molar-refractivity contribution in [2.75, 3.05) is 7.11 Å². The molecule has 0 heterocycles. The average Bonchev–Trinajstić information content (AvgIpc) is 2.48. The molecule has 0 aliphatic carbocycles. The molecule has 0 saturated heterocycles. The fourth-order valence-corrected chi connectivity index (χ4v) is 2.66. The Morgan fingerprint density at radius 3 is 2.67 bits per heavy atom. The van der Waals surface area contributed by atoms with Crippen LogP contribution in [0.15, 0.2) is 34.8 Å². The molecular formula is C15H12BrCl2FO2. The number of rotatable bonds is 5. The summed E-state index contributed by atoms with van der Waals surface area (Å²) in [4.78, 5) is 0. The zero-order chi connectivity index (χ0) is 15.4. The third-order valence-corrected chi connectivity index (χ3v) is 4.26. The standard InChI is InChI=1S/C15H12BrCl2FO2/c1-20-13-6-11(18)5-10(7-17)15(13)21-8-9-3-2-4-12(19)14(9)16/h2-6H,7-8H2,1H3. The maximum atomic E-state index is 13.5. The number of ether oxygens (including phenoxy) is 2. The lowest BCUT2D eigenvalue weighted by Gasteiger charge is -2.15. The first-order chi connectivity index (χ1) is 10.1. The minimum absolute atomic E-state index is 0.181. The maximum absolute atomic E-state index is 13.5. The van der Waals surface area contributed by atoms with Gasteiger partial charge in [-0.1, -0.05) is 23.7 Å². The van der Waals surface area contributed by atoms with Gasteiger partial charge in [0, 0.05) is 22.2 Å². The minimum Gasteiger partial charge on any atom is -0.493 e. The van der Waals surface area contributed by atoms with Crippen LogP contribution in [-0.2, 0) is 12.5 Å². The zero-order valence-electron chi connectivity index (χ0n) is 11.1. The number of methoxy groups -OCH3 is 1. The van der Waals surface area contributed by atoms with E-state index in [4.69, 9.17) is 32.7 Å². The molecule has 2 aromatic rings. The Bertz CT molecular complexity index is 625. The van der Waals surface area contributed by atoms with Gasteiger partial charge >= 0.3 is 0 Å². The molecule has 0 unspecified atom stereocenters. The smallest absolute Gasteiger partial charge is 0.166 e. The highest BCUT2D eigenvalue weighted by Crippen LogP contribution is 2.36. The zero-order valence-corrected chi connectivity index (χ0v) is 14.2. The number of hydrogen-bond acceptors (Lipinski definition) is 2. The summed E-state index contributed by atoms with van der Waals surface area (Å²) in [6, 6.07) is 8.14. The third kappa shape index (κ3) is 3.82. The van der Waals surface area contributed by atoms with Gasteiger partial charge in [0.15, 0.2) is 11.5 Å². The molecule has 21 heavy (non-hydrogen) atoms. The summed E-state index contributed by atoms with van der Waals surface area (Å²) >= 11 is 15.1. The molecule has 2 rings (SSSR count). The predicted octanol–water partition coefficient (Wildman–Crippen LogP) is 5.57. The van der Waals surface area contributed by atoms with Crippen LogP contribution < -0.4 is 9.47 Å². The Morgan fingerprint density at radius 1 is 1.24 bits per heavy atom. The van der Waals surface area contributed by atoms with Gasteiger partial charge < -0.3 is 9.47 Å². The van der Waals surface area contributed by atoms with Crippen LogP contribution in [0.1, 0.15) is 11.1 Å². The van der Waals surface area contributed by atoms with E-state index in [9.17, 15) is 4.39 Å². The van der Waals surface area contributed by atoms with E-state index in [1.165, 1.54) is 13.2 Å². The molecular weight excluding hydrogens is 382 g/mol. The van der Waals surface area contributed by atoms with Crippen molar-refractivity contribution in [3.8, 4) is 11.5 Å². The van der Waals surface area contributed by atoms with Crippen LogP contribution in [0.3, 0.4) is 0 Å². The topological polar surface area (TPSA) is 18.5 Å². The summed E-state index contributed by atoms with van der Waals surface area (Å²) in [5.74, 6) is 0.895. The second-order valence-corrected chi connectivity index (χ2v) is 5.73. The molecule has 2 nitrogen and oxygen atoms in total. The van der Waals surface area contributed by atoms with Crippen molar-refractivity contribution in [1.29, 1.82) is 0 Å². The molecule has 0 aliphatic rings. The monoisotopic (exact) mass is 392 g/mol. The molecule has 0 amide bonds. The molecule has 6 heteroatoms. The van der Waals surface area contributed by atoms with Gasteiger partial charge in [0.2, 0.25) is 0 Å². The van der Waals surface area contributed by atoms with Crippen LogP contribution >= 0.6 is 39.1 Å². The van der Waals surface area contributed by atoms with E-state index in [1.54, 1.807) is 24.3 Å². The van der Waals surface area contributed by atoms with E-state index >= 15 is 0 Å². The number of benzene rings is 2. The minimum atomic E-state index is -0.336. The Balaban J connectivity index is 2.29. The van der Waals surface area contributed by atoms with Gasteiger partial charge in [0.1, 0.15) is 12.4 Å². The van der Waals surface area contributed by atoms with Gasteiger partial charge in [0.05, 0.1) is 17.5 Å². The second kappa shape index (κ2) is 7.34. The van der Waals surface area contributed by atoms with Crippen LogP contribution in [0.25, 0.3) is 0 Å². The van der Waals surface area contributed by atoms with Crippen LogP contribution in [0.5, 0.6) is 11.5 Å². The van der Waals surface area contributed by atoms with E-state index < -0.39 is 0 Å². The van der Waals surface area contributed by atoms with Gasteiger partial charge in [-0.2, -0.15) is 0 Å². The van der Waals surface area contributed by atoms with Gasteiger partial charge in [-0.15, -0.1) is 11.6 Å². The lowest BCUT2D eigenvalue weighted by molar-refractivity contribution is 0.281. The lowest BCUT2D eigenvalue weighted by Crippen LogP contribution is -2.02. The molecule has 0 N–H and O–H groups in total. The van der Waals surface area contributed by atoms with Crippen molar-refractivity contribution in [1.82, 2.24) is 0 Å². The molecule has 0 aliphatic heterocycles. The Hall–Kier alpha value is -0.970. The van der Waals surface area contributed by atoms with Gasteiger partial charge in [-0.3, -0.25) is 0 Å². The van der Waals surface area contributed by atoms with Crippen molar-refractivity contribution in [3.63, 3.8) is 0 Å². The van der Waals surface area contributed by atoms with E-state index in [2.05, 4.69) is 15.9 Å². The highest BCUT2D eigenvalue weighted by Gasteiger charge is 2.14. The van der Waals surface area contributed by atoms with E-state index in [-0.39, 0.29) is 18.3 Å².